The van der Waals surface area contributed by atoms with Crippen molar-refractivity contribution in [3.05, 3.63) is 11.6 Å². The zero-order chi connectivity index (χ0) is 23.1. The van der Waals surface area contributed by atoms with Gasteiger partial charge in [-0.3, -0.25) is 0 Å². The first kappa shape index (κ1) is 24.0. The minimum Gasteiger partial charge on any atom is -0.318 e. The summed E-state index contributed by atoms with van der Waals surface area (Å²) in [7, 11) is 0. The maximum atomic E-state index is 11.2. The van der Waals surface area contributed by atoms with E-state index in [0.717, 1.165) is 47.6 Å². The monoisotopic (exact) mass is 441 g/mol. The molecule has 0 heterocycles. The van der Waals surface area contributed by atoms with Crippen LogP contribution in [0.15, 0.2) is 16.8 Å². The topological polar surface area (TPSA) is 38.7 Å². The van der Waals surface area contributed by atoms with E-state index in [1.807, 2.05) is 0 Å². The molecule has 4 aliphatic carbocycles. The molecule has 0 radical (unpaired) electrons. The second kappa shape index (κ2) is 9.26. The smallest absolute Gasteiger partial charge is 0.318 e. The van der Waals surface area contributed by atoms with Crippen LogP contribution in [0.25, 0.3) is 0 Å². The number of hydrogen-bond donors (Lipinski definition) is 0. The minimum atomic E-state index is -0.325. The molecule has 4 aliphatic rings. The first-order valence-electron chi connectivity index (χ1n) is 13.6. The van der Waals surface area contributed by atoms with Crippen LogP contribution in [-0.2, 0) is 9.63 Å². The van der Waals surface area contributed by atoms with E-state index in [-0.39, 0.29) is 5.97 Å². The fraction of sp³-hybridized carbons (Fsp3) is 0.862. The molecule has 0 aromatic rings. The zero-order valence-electron chi connectivity index (χ0n) is 21.6. The number of nitrogens with zero attached hydrogens (tertiary/aromatic N) is 1. The quantitative estimate of drug-likeness (QED) is 0.310. The van der Waals surface area contributed by atoms with Gasteiger partial charge >= 0.3 is 5.97 Å². The van der Waals surface area contributed by atoms with Crippen LogP contribution in [0.4, 0.5) is 0 Å². The number of rotatable bonds is 6. The molecule has 0 bridgehead atoms. The van der Waals surface area contributed by atoms with Gasteiger partial charge in [-0.2, -0.15) is 0 Å². The maximum Gasteiger partial charge on any atom is 0.331 e. The molecular weight excluding hydrogens is 394 g/mol. The second-order valence-electron chi connectivity index (χ2n) is 12.7. The molecule has 3 saturated carbocycles. The highest BCUT2D eigenvalue weighted by molar-refractivity contribution is 5.96. The predicted molar refractivity (Wildman–Crippen MR) is 132 cm³/mol. The lowest BCUT2D eigenvalue weighted by Gasteiger charge is -2.58. The van der Waals surface area contributed by atoms with E-state index in [0.29, 0.717) is 10.8 Å². The van der Waals surface area contributed by atoms with Gasteiger partial charge in [-0.05, 0) is 104 Å². The third kappa shape index (κ3) is 4.34. The van der Waals surface area contributed by atoms with E-state index < -0.39 is 0 Å². The number of oxime groups is 1. The first-order chi connectivity index (χ1) is 15.1. The molecule has 3 fully saturated rings. The van der Waals surface area contributed by atoms with Gasteiger partial charge in [0.25, 0.3) is 0 Å². The number of carbonyl (C=O) groups excluding carboxylic acids is 1. The summed E-state index contributed by atoms with van der Waals surface area (Å²) in [6, 6.07) is 0. The normalized spacial score (nSPS) is 41.0. The summed E-state index contributed by atoms with van der Waals surface area (Å²) < 4.78 is 0. The zero-order valence-corrected chi connectivity index (χ0v) is 21.6. The molecule has 0 unspecified atom stereocenters. The Labute approximate surface area is 196 Å². The Balaban J connectivity index is 1.47. The molecule has 0 aromatic carbocycles. The van der Waals surface area contributed by atoms with Crippen LogP contribution in [0.1, 0.15) is 112 Å². The van der Waals surface area contributed by atoms with Gasteiger partial charge in [-0.15, -0.1) is 0 Å². The number of allylic oxidation sites excluding steroid dienone is 2. The van der Waals surface area contributed by atoms with Crippen LogP contribution < -0.4 is 0 Å². The Morgan fingerprint density at radius 2 is 1.84 bits per heavy atom. The summed E-state index contributed by atoms with van der Waals surface area (Å²) in [6.45, 7) is 13.9. The Morgan fingerprint density at radius 1 is 1.06 bits per heavy atom. The molecule has 32 heavy (non-hydrogen) atoms. The van der Waals surface area contributed by atoms with E-state index in [2.05, 4.69) is 45.9 Å². The van der Waals surface area contributed by atoms with E-state index in [9.17, 15) is 4.79 Å². The molecule has 4 rings (SSSR count). The van der Waals surface area contributed by atoms with E-state index in [1.54, 1.807) is 5.57 Å². The Hall–Kier alpha value is -1.12. The van der Waals surface area contributed by atoms with Crippen molar-refractivity contribution in [3.63, 3.8) is 0 Å². The first-order valence-corrected chi connectivity index (χ1v) is 13.6. The van der Waals surface area contributed by atoms with E-state index in [1.165, 1.54) is 71.1 Å². The van der Waals surface area contributed by atoms with E-state index in [4.69, 9.17) is 4.84 Å². The van der Waals surface area contributed by atoms with Gasteiger partial charge in [0.15, 0.2) is 0 Å². The molecule has 0 saturated heterocycles. The highest BCUT2D eigenvalue weighted by atomic mass is 16.7. The van der Waals surface area contributed by atoms with Gasteiger partial charge in [0, 0.05) is 6.92 Å². The van der Waals surface area contributed by atoms with Crippen LogP contribution in [0, 0.1) is 46.3 Å². The summed E-state index contributed by atoms with van der Waals surface area (Å²) in [5.41, 5.74) is 3.42. The molecule has 0 spiro atoms. The van der Waals surface area contributed by atoms with Crippen molar-refractivity contribution in [1.29, 1.82) is 0 Å². The number of carbonyl (C=O) groups is 1. The lowest BCUT2D eigenvalue weighted by molar-refractivity contribution is -0.140. The van der Waals surface area contributed by atoms with Crippen LogP contribution in [0.5, 0.6) is 0 Å². The summed E-state index contributed by atoms with van der Waals surface area (Å²) in [4.78, 5) is 16.1. The summed E-state index contributed by atoms with van der Waals surface area (Å²) >= 11 is 0. The molecule has 3 heteroatoms. The van der Waals surface area contributed by atoms with Gasteiger partial charge in [0.05, 0.1) is 5.71 Å². The van der Waals surface area contributed by atoms with Crippen LogP contribution in [0.2, 0.25) is 0 Å². The predicted octanol–water partition coefficient (Wildman–Crippen LogP) is 7.95. The molecule has 7 atom stereocenters. The van der Waals surface area contributed by atoms with Crippen molar-refractivity contribution in [1.82, 2.24) is 0 Å². The lowest BCUT2D eigenvalue weighted by atomic mass is 9.46. The van der Waals surface area contributed by atoms with E-state index >= 15 is 0 Å². The van der Waals surface area contributed by atoms with Gasteiger partial charge in [-0.1, -0.05) is 64.6 Å². The maximum absolute atomic E-state index is 11.2. The third-order valence-corrected chi connectivity index (χ3v) is 10.5. The average Bonchev–Trinajstić information content (AvgIpc) is 3.09. The Morgan fingerprint density at radius 3 is 2.56 bits per heavy atom. The molecule has 0 amide bonds. The van der Waals surface area contributed by atoms with Gasteiger partial charge < -0.3 is 4.84 Å². The van der Waals surface area contributed by atoms with Gasteiger partial charge in [-0.25, -0.2) is 4.79 Å². The summed E-state index contributed by atoms with van der Waals surface area (Å²) in [5, 5.41) is 4.13. The van der Waals surface area contributed by atoms with Crippen molar-refractivity contribution < 1.29 is 9.63 Å². The molecule has 0 aromatic heterocycles. The molecule has 180 valence electrons. The largest absolute Gasteiger partial charge is 0.331 e. The third-order valence-electron chi connectivity index (χ3n) is 10.5. The van der Waals surface area contributed by atoms with Crippen molar-refractivity contribution in [2.75, 3.05) is 0 Å². The van der Waals surface area contributed by atoms with Crippen LogP contribution >= 0.6 is 0 Å². The minimum absolute atomic E-state index is 0.320. The summed E-state index contributed by atoms with van der Waals surface area (Å²) in [6.07, 6.45) is 16.9. The highest BCUT2D eigenvalue weighted by Crippen LogP contribution is 2.67. The lowest BCUT2D eigenvalue weighted by Crippen LogP contribution is -2.51. The molecule has 3 nitrogen and oxygen atoms in total. The van der Waals surface area contributed by atoms with Crippen molar-refractivity contribution in [2.24, 2.45) is 51.5 Å². The molecule has 0 N–H and O–H groups in total. The highest BCUT2D eigenvalue weighted by Gasteiger charge is 2.59. The van der Waals surface area contributed by atoms with Crippen LogP contribution in [0.3, 0.4) is 0 Å². The van der Waals surface area contributed by atoms with Gasteiger partial charge in [0.2, 0.25) is 0 Å². The fourth-order valence-electron chi connectivity index (χ4n) is 8.79. The Bertz CT molecular complexity index is 767. The number of fused-ring (bicyclic) bond motifs is 5. The summed E-state index contributed by atoms with van der Waals surface area (Å²) in [5.74, 6) is 4.97. The Kier molecular flexibility index (Phi) is 6.95. The average molecular weight is 442 g/mol. The number of hydrogen-bond acceptors (Lipinski definition) is 3. The molecular formula is C29H47NO2. The molecule has 0 aliphatic heterocycles. The van der Waals surface area contributed by atoms with Crippen molar-refractivity contribution in [2.45, 2.75) is 112 Å². The van der Waals surface area contributed by atoms with Crippen molar-refractivity contribution >= 4 is 11.7 Å². The second-order valence-corrected chi connectivity index (χ2v) is 12.7. The SMILES string of the molecule is CC(=O)O/N=C1\C=C2CC[C@H]3[C@@H]4CC[C@H]([C@H](C)CCCC(C)C)[C@@]4(C)CC[C@@H]3[C@@]2(C)CC1. The standard InChI is InChI=1S/C29H47NO2/c1-19(2)8-7-9-20(3)25-12-13-26-24-11-10-22-18-23(30-32-21(4)31)14-16-28(22,5)27(24)15-17-29(25,26)6/h18-20,24-27H,7-17H2,1-6H3/b30-23-/t20-,24+,25-,26+,27+,28+,29-/m1/s1. The van der Waals surface area contributed by atoms with Gasteiger partial charge in [0.1, 0.15) is 0 Å². The fourth-order valence-corrected chi connectivity index (χ4v) is 8.79. The van der Waals surface area contributed by atoms with Crippen LogP contribution in [-0.4, -0.2) is 11.7 Å². The van der Waals surface area contributed by atoms with Crippen molar-refractivity contribution in [3.8, 4) is 0 Å².